The van der Waals surface area contributed by atoms with Crippen LogP contribution < -0.4 is 0 Å². The van der Waals surface area contributed by atoms with E-state index in [0.29, 0.717) is 5.75 Å². The molecule has 0 aliphatic heterocycles. The molecule has 0 aliphatic carbocycles. The average Bonchev–Trinajstić information content (AvgIpc) is 2.66. The van der Waals surface area contributed by atoms with Crippen molar-refractivity contribution in [2.45, 2.75) is 49.8 Å². The smallest absolute Gasteiger partial charge is 0.132 e. The van der Waals surface area contributed by atoms with Crippen molar-refractivity contribution in [3.8, 4) is 5.75 Å². The molecule has 0 saturated heterocycles. The molecule has 3 aromatic carbocycles. The summed E-state index contributed by atoms with van der Waals surface area (Å²) >= 11 is 0. The molecule has 0 heterocycles. The van der Waals surface area contributed by atoms with Gasteiger partial charge in [0, 0.05) is 10.5 Å². The fourth-order valence-corrected chi connectivity index (χ4v) is 7.92. The van der Waals surface area contributed by atoms with Crippen LogP contribution in [0, 0.1) is 0 Å². The Morgan fingerprint density at radius 1 is 0.923 bits per heavy atom. The molecule has 0 fully saturated rings. The van der Waals surface area contributed by atoms with E-state index in [-0.39, 0.29) is 5.92 Å². The molecule has 1 unspecified atom stereocenters. The van der Waals surface area contributed by atoms with Crippen LogP contribution in [-0.4, -0.2) is 16.6 Å². The third-order valence-corrected chi connectivity index (χ3v) is 9.68. The predicted octanol–water partition coefficient (Wildman–Crippen LogP) is 7.32. The van der Waals surface area contributed by atoms with E-state index >= 15 is 0 Å². The Bertz CT molecular complexity index is 885. The first-order valence-electron chi connectivity index (χ1n) is 9.63. The third-order valence-electron chi connectivity index (χ3n) is 5.26. The summed E-state index contributed by atoms with van der Waals surface area (Å²) in [5, 5.41) is 13.8. The Labute approximate surface area is 159 Å². The van der Waals surface area contributed by atoms with E-state index < -0.39 is 10.0 Å². The quantitative estimate of drug-likeness (QED) is 0.484. The zero-order chi connectivity index (χ0) is 18.7. The van der Waals surface area contributed by atoms with Crippen molar-refractivity contribution in [3.05, 3.63) is 66.2 Å². The van der Waals surface area contributed by atoms with Gasteiger partial charge < -0.3 is 5.11 Å². The van der Waals surface area contributed by atoms with Gasteiger partial charge in [0.25, 0.3) is 0 Å². The van der Waals surface area contributed by atoms with Crippen LogP contribution in [0.15, 0.2) is 70.5 Å². The molecule has 0 saturated carbocycles. The first-order chi connectivity index (χ1) is 12.5. The summed E-state index contributed by atoms with van der Waals surface area (Å²) in [4.78, 5) is 2.54. The van der Waals surface area contributed by atoms with E-state index in [0.717, 1.165) is 28.4 Å². The minimum absolute atomic E-state index is 0.284. The summed E-state index contributed by atoms with van der Waals surface area (Å²) in [7, 11) is -1.27. The first-order valence-corrected chi connectivity index (χ1v) is 11.6. The van der Waals surface area contributed by atoms with Crippen molar-refractivity contribution in [1.82, 2.24) is 0 Å². The molecule has 1 atom stereocenters. The Hall–Kier alpha value is -1.93. The highest BCUT2D eigenvalue weighted by Gasteiger charge is 2.31. The number of rotatable bonds is 6. The summed E-state index contributed by atoms with van der Waals surface area (Å²) < 4.78 is 0. The minimum atomic E-state index is -1.27. The maximum Gasteiger partial charge on any atom is 0.132 e. The van der Waals surface area contributed by atoms with Gasteiger partial charge in [-0.25, -0.2) is 0 Å². The number of fused-ring (bicyclic) bond motifs is 1. The third kappa shape index (κ3) is 3.12. The van der Waals surface area contributed by atoms with Crippen LogP contribution in [0.2, 0.25) is 0 Å². The van der Waals surface area contributed by atoms with E-state index in [1.165, 1.54) is 15.7 Å². The van der Waals surface area contributed by atoms with Crippen LogP contribution in [0.3, 0.4) is 0 Å². The van der Waals surface area contributed by atoms with Crippen molar-refractivity contribution in [2.24, 2.45) is 0 Å². The summed E-state index contributed by atoms with van der Waals surface area (Å²) in [5.74, 6) is 2.96. The van der Waals surface area contributed by atoms with Crippen LogP contribution in [-0.2, 0) is 0 Å². The topological polar surface area (TPSA) is 20.2 Å². The highest BCUT2D eigenvalue weighted by molar-refractivity contribution is 8.33. The number of aromatic hydroxyl groups is 1. The second-order valence-corrected chi connectivity index (χ2v) is 10.9. The van der Waals surface area contributed by atoms with Crippen LogP contribution in [0.25, 0.3) is 10.8 Å². The van der Waals surface area contributed by atoms with Gasteiger partial charge in [-0.15, -0.1) is 0 Å². The molecule has 0 bridgehead atoms. The zero-order valence-corrected chi connectivity index (χ0v) is 17.1. The lowest BCUT2D eigenvalue weighted by atomic mass is 9.95. The molecule has 138 valence electrons. The van der Waals surface area contributed by atoms with E-state index in [9.17, 15) is 5.11 Å². The van der Waals surface area contributed by atoms with Crippen molar-refractivity contribution in [2.75, 3.05) is 11.5 Å². The Morgan fingerprint density at radius 2 is 1.58 bits per heavy atom. The SMILES string of the molecule is CCCS(CC)(c1ccccc1)c1cc2ccccc2c(C(C)C)c1O. The second kappa shape index (κ2) is 7.75. The van der Waals surface area contributed by atoms with Gasteiger partial charge in [0.1, 0.15) is 5.75 Å². The number of phenolic OH excluding ortho intramolecular Hbond substituents is 1. The van der Waals surface area contributed by atoms with E-state index in [1.807, 2.05) is 0 Å². The number of phenols is 1. The highest BCUT2D eigenvalue weighted by Crippen LogP contribution is 2.66. The predicted molar refractivity (Wildman–Crippen MR) is 116 cm³/mol. The zero-order valence-electron chi connectivity index (χ0n) is 16.3. The molecular weight excluding hydrogens is 336 g/mol. The average molecular weight is 367 g/mol. The van der Waals surface area contributed by atoms with Crippen molar-refractivity contribution in [1.29, 1.82) is 0 Å². The monoisotopic (exact) mass is 366 g/mol. The molecule has 0 amide bonds. The lowest BCUT2D eigenvalue weighted by Crippen LogP contribution is -2.11. The van der Waals surface area contributed by atoms with Crippen molar-refractivity contribution < 1.29 is 5.11 Å². The van der Waals surface area contributed by atoms with Crippen LogP contribution in [0.4, 0.5) is 0 Å². The molecule has 1 N–H and O–H groups in total. The maximum absolute atomic E-state index is 11.4. The molecule has 0 aromatic heterocycles. The van der Waals surface area contributed by atoms with Gasteiger partial charge in [-0.1, -0.05) is 70.2 Å². The summed E-state index contributed by atoms with van der Waals surface area (Å²) in [5.41, 5.74) is 1.09. The molecule has 0 spiro atoms. The minimum Gasteiger partial charge on any atom is -0.507 e. The first kappa shape index (κ1) is 18.8. The fraction of sp³-hybridized carbons (Fsp3) is 0.333. The molecule has 1 nitrogen and oxygen atoms in total. The molecule has 3 aromatic rings. The summed E-state index contributed by atoms with van der Waals surface area (Å²) in [6, 6.07) is 21.6. The Balaban J connectivity index is 2.38. The Kier molecular flexibility index (Phi) is 5.62. The van der Waals surface area contributed by atoms with E-state index in [4.69, 9.17) is 0 Å². The lowest BCUT2D eigenvalue weighted by molar-refractivity contribution is 0.453. The van der Waals surface area contributed by atoms with Crippen LogP contribution in [0.5, 0.6) is 5.75 Å². The lowest BCUT2D eigenvalue weighted by Gasteiger charge is -2.41. The molecule has 0 aliphatic rings. The molecular formula is C24H30OS. The summed E-state index contributed by atoms with van der Waals surface area (Å²) in [6.07, 6.45) is 1.11. The molecule has 0 radical (unpaired) electrons. The summed E-state index contributed by atoms with van der Waals surface area (Å²) in [6.45, 7) is 8.89. The molecule has 3 rings (SSSR count). The number of benzene rings is 3. The largest absolute Gasteiger partial charge is 0.507 e. The maximum atomic E-state index is 11.4. The van der Waals surface area contributed by atoms with Gasteiger partial charge in [-0.05, 0) is 57.7 Å². The van der Waals surface area contributed by atoms with Crippen molar-refractivity contribution >= 4 is 20.8 Å². The van der Waals surface area contributed by atoms with Gasteiger partial charge in [0.2, 0.25) is 0 Å². The van der Waals surface area contributed by atoms with E-state index in [2.05, 4.69) is 88.4 Å². The van der Waals surface area contributed by atoms with Gasteiger partial charge in [0.15, 0.2) is 0 Å². The second-order valence-electron chi connectivity index (χ2n) is 7.20. The van der Waals surface area contributed by atoms with E-state index in [1.54, 1.807) is 0 Å². The van der Waals surface area contributed by atoms with Crippen LogP contribution in [0.1, 0.15) is 45.6 Å². The number of hydrogen-bond acceptors (Lipinski definition) is 1. The standard InChI is InChI=1S/C24H30OS/c1-5-16-26(6-2,20-13-8-7-9-14-20)22-17-19-12-10-11-15-21(19)23(18(3)4)24(22)25/h7-15,17-18,25H,5-6,16H2,1-4H3. The van der Waals surface area contributed by atoms with Crippen LogP contribution >= 0.6 is 10.0 Å². The van der Waals surface area contributed by atoms with Gasteiger partial charge in [0.05, 0.1) is 0 Å². The normalized spacial score (nSPS) is 15.1. The van der Waals surface area contributed by atoms with Gasteiger partial charge in [-0.3, -0.25) is 0 Å². The fourth-order valence-electron chi connectivity index (χ4n) is 4.07. The highest BCUT2D eigenvalue weighted by atomic mass is 32.3. The molecule has 26 heavy (non-hydrogen) atoms. The van der Waals surface area contributed by atoms with Gasteiger partial charge >= 0.3 is 0 Å². The van der Waals surface area contributed by atoms with Gasteiger partial charge in [-0.2, -0.15) is 10.0 Å². The Morgan fingerprint density at radius 3 is 2.19 bits per heavy atom. The van der Waals surface area contributed by atoms with Crippen molar-refractivity contribution in [3.63, 3.8) is 0 Å². The number of hydrogen-bond donors (Lipinski definition) is 1. The molecule has 2 heteroatoms.